The van der Waals surface area contributed by atoms with Gasteiger partial charge < -0.3 is 0 Å². The van der Waals surface area contributed by atoms with Crippen LogP contribution in [0.5, 0.6) is 0 Å². The molecule has 0 aliphatic carbocycles. The smallest absolute Gasteiger partial charge is 0.258 e. The topological polar surface area (TPSA) is 125 Å². The van der Waals surface area contributed by atoms with Crippen LogP contribution in [-0.4, -0.2) is 24.8 Å². The van der Waals surface area contributed by atoms with Crippen LogP contribution in [0, 0.1) is 20.2 Å². The summed E-state index contributed by atoms with van der Waals surface area (Å²) < 4.78 is 0. The van der Waals surface area contributed by atoms with Crippen molar-refractivity contribution in [2.24, 2.45) is 0 Å². The number of benzene rings is 4. The van der Waals surface area contributed by atoms with Crippen LogP contribution >= 0.6 is 0 Å². The van der Waals surface area contributed by atoms with Crippen LogP contribution in [-0.2, 0) is 0 Å². The van der Waals surface area contributed by atoms with Gasteiger partial charge in [0.2, 0.25) is 0 Å². The lowest BCUT2D eigenvalue weighted by molar-refractivity contribution is -0.422. The first kappa shape index (κ1) is 23.8. The minimum atomic E-state index is -0.780. The zero-order valence-electron chi connectivity index (χ0n) is 18.8. The third-order valence-corrected chi connectivity index (χ3v) is 5.01. The molecule has 0 bridgehead atoms. The normalized spacial score (nSPS) is 10.1. The molecule has 1 heterocycles. The van der Waals surface area contributed by atoms with E-state index in [-0.39, 0.29) is 0 Å². The van der Waals surface area contributed by atoms with Gasteiger partial charge in [-0.15, -0.1) is 0 Å². The predicted molar refractivity (Wildman–Crippen MR) is 136 cm³/mol. The number of nitrogens with zero attached hydrogens (tertiary/aromatic N) is 5. The van der Waals surface area contributed by atoms with Gasteiger partial charge in [0.15, 0.2) is 17.5 Å². The van der Waals surface area contributed by atoms with Crippen molar-refractivity contribution in [3.05, 3.63) is 135 Å². The molecule has 9 heteroatoms. The second kappa shape index (κ2) is 11.2. The zero-order valence-corrected chi connectivity index (χ0v) is 18.8. The van der Waals surface area contributed by atoms with Crippen molar-refractivity contribution in [2.45, 2.75) is 0 Å². The van der Waals surface area contributed by atoms with Gasteiger partial charge in [-0.05, 0) is 0 Å². The second-order valence-corrected chi connectivity index (χ2v) is 7.41. The molecular weight excluding hydrogens is 458 g/mol. The molecule has 36 heavy (non-hydrogen) atoms. The van der Waals surface area contributed by atoms with Crippen molar-refractivity contribution in [1.29, 1.82) is 0 Å². The molecule has 4 aromatic carbocycles. The van der Waals surface area contributed by atoms with Gasteiger partial charge in [-0.25, -0.2) is 15.0 Å². The number of hydrogen-bond donors (Lipinski definition) is 0. The minimum Gasteiger partial charge on any atom is -0.258 e. The third kappa shape index (κ3) is 5.78. The lowest BCUT2D eigenvalue weighted by Gasteiger charge is -2.08. The van der Waals surface area contributed by atoms with Crippen molar-refractivity contribution < 1.29 is 9.85 Å². The van der Waals surface area contributed by atoms with Crippen molar-refractivity contribution in [2.75, 3.05) is 0 Å². The number of nitro benzene ring substituents is 2. The van der Waals surface area contributed by atoms with E-state index in [0.717, 1.165) is 28.8 Å². The van der Waals surface area contributed by atoms with Gasteiger partial charge in [0.05, 0.1) is 9.85 Å². The fourth-order valence-electron chi connectivity index (χ4n) is 3.30. The maximum absolute atomic E-state index is 10.2. The first-order valence-corrected chi connectivity index (χ1v) is 10.8. The van der Waals surface area contributed by atoms with Crippen LogP contribution in [0.1, 0.15) is 0 Å². The summed E-state index contributed by atoms with van der Waals surface area (Å²) in [6, 6.07) is 34.9. The van der Waals surface area contributed by atoms with Gasteiger partial charge in [-0.3, -0.25) is 20.2 Å². The van der Waals surface area contributed by atoms with Crippen LogP contribution in [0.2, 0.25) is 0 Å². The quantitative estimate of drug-likeness (QED) is 0.212. The highest BCUT2D eigenvalue weighted by Crippen LogP contribution is 2.25. The number of para-hydroxylation sites is 2. The van der Waals surface area contributed by atoms with E-state index in [0.29, 0.717) is 17.5 Å². The molecule has 0 saturated carbocycles. The minimum absolute atomic E-state index is 0.484. The zero-order chi connectivity index (χ0) is 25.3. The van der Waals surface area contributed by atoms with Crippen LogP contribution in [0.25, 0.3) is 34.2 Å². The van der Waals surface area contributed by atoms with Crippen LogP contribution in [0.4, 0.5) is 11.4 Å². The summed E-state index contributed by atoms with van der Waals surface area (Å²) in [7, 11) is 0. The van der Waals surface area contributed by atoms with Gasteiger partial charge >= 0.3 is 11.4 Å². The molecule has 5 aromatic rings. The Morgan fingerprint density at radius 1 is 0.417 bits per heavy atom. The number of hydrogen-bond acceptors (Lipinski definition) is 7. The monoisotopic (exact) mass is 477 g/mol. The maximum atomic E-state index is 10.2. The molecule has 0 radical (unpaired) electrons. The van der Waals surface area contributed by atoms with Gasteiger partial charge in [-0.1, -0.05) is 103 Å². The number of nitro groups is 2. The predicted octanol–water partition coefficient (Wildman–Crippen LogP) is 6.38. The summed E-state index contributed by atoms with van der Waals surface area (Å²) in [5.41, 5.74) is 1.97. The van der Waals surface area contributed by atoms with Gasteiger partial charge in [0.25, 0.3) is 0 Å². The highest BCUT2D eigenvalue weighted by atomic mass is 16.6. The Kier molecular flexibility index (Phi) is 7.42. The molecule has 0 fully saturated rings. The van der Waals surface area contributed by atoms with Gasteiger partial charge in [0.1, 0.15) is 0 Å². The third-order valence-electron chi connectivity index (χ3n) is 5.01. The van der Waals surface area contributed by atoms with Crippen molar-refractivity contribution in [3.63, 3.8) is 0 Å². The average molecular weight is 477 g/mol. The van der Waals surface area contributed by atoms with Crippen molar-refractivity contribution in [3.8, 4) is 34.2 Å². The molecule has 0 N–H and O–H groups in total. The summed E-state index contributed by atoms with van der Waals surface area (Å²) in [6.45, 7) is 0. The van der Waals surface area contributed by atoms with Gasteiger partial charge in [-0.2, -0.15) is 0 Å². The van der Waals surface area contributed by atoms with E-state index < -0.39 is 21.2 Å². The van der Waals surface area contributed by atoms with E-state index >= 15 is 0 Å². The largest absolute Gasteiger partial charge is 0.346 e. The summed E-state index contributed by atoms with van der Waals surface area (Å²) in [5.74, 6) is 2.05. The Hall–Kier alpha value is -5.31. The molecule has 9 nitrogen and oxygen atoms in total. The molecule has 0 aliphatic heterocycles. The lowest BCUT2D eigenvalue weighted by atomic mass is 10.1. The fourth-order valence-corrected chi connectivity index (χ4v) is 3.30. The Morgan fingerprint density at radius 3 is 0.917 bits per heavy atom. The molecule has 0 unspecified atom stereocenters. The molecular formula is C27H19N5O4. The first-order valence-electron chi connectivity index (χ1n) is 10.8. The maximum Gasteiger partial charge on any atom is 0.346 e. The average Bonchev–Trinajstić information content (AvgIpc) is 2.94. The van der Waals surface area contributed by atoms with Gasteiger partial charge in [0, 0.05) is 28.8 Å². The lowest BCUT2D eigenvalue weighted by Crippen LogP contribution is -1.99. The van der Waals surface area contributed by atoms with E-state index in [1.165, 1.54) is 12.1 Å². The Labute approximate surface area is 206 Å². The number of rotatable bonds is 5. The summed E-state index contributed by atoms with van der Waals surface area (Å²) in [4.78, 5) is 32.9. The van der Waals surface area contributed by atoms with Crippen molar-refractivity contribution in [1.82, 2.24) is 15.0 Å². The van der Waals surface area contributed by atoms with E-state index in [2.05, 4.69) is 15.0 Å². The molecule has 0 saturated heterocycles. The SMILES string of the molecule is O=[N+]([O-])c1ccccc1[N+](=O)[O-].c1ccc(-c2nc(-c3ccccc3)nc(-c3ccccc3)n2)cc1. The van der Waals surface area contributed by atoms with E-state index in [4.69, 9.17) is 0 Å². The van der Waals surface area contributed by atoms with Crippen LogP contribution < -0.4 is 0 Å². The standard InChI is InChI=1S/C21H15N3.C6H4N2O4/c1-4-10-16(11-5-1)19-22-20(17-12-6-2-7-13-17)24-21(23-19)18-14-8-3-9-15-18;9-7(10)5-3-1-2-4-6(5)8(11)12/h1-15H;1-4H. The van der Waals surface area contributed by atoms with Crippen LogP contribution in [0.15, 0.2) is 115 Å². The molecule has 0 aliphatic rings. The highest BCUT2D eigenvalue weighted by Gasteiger charge is 2.21. The molecule has 0 amide bonds. The Morgan fingerprint density at radius 2 is 0.667 bits per heavy atom. The summed E-state index contributed by atoms with van der Waals surface area (Å²) >= 11 is 0. The summed E-state index contributed by atoms with van der Waals surface area (Å²) in [5, 5.41) is 20.5. The number of aromatic nitrogens is 3. The van der Waals surface area contributed by atoms with Crippen LogP contribution in [0.3, 0.4) is 0 Å². The Bertz CT molecular complexity index is 1310. The van der Waals surface area contributed by atoms with E-state index in [1.54, 1.807) is 0 Å². The fraction of sp³-hybridized carbons (Fsp3) is 0. The Balaban J connectivity index is 0.000000214. The molecule has 0 spiro atoms. The molecule has 176 valence electrons. The highest BCUT2D eigenvalue weighted by molar-refractivity contribution is 5.66. The first-order chi connectivity index (χ1) is 17.5. The van der Waals surface area contributed by atoms with E-state index in [9.17, 15) is 20.2 Å². The molecule has 0 atom stereocenters. The second-order valence-electron chi connectivity index (χ2n) is 7.41. The molecule has 1 aromatic heterocycles. The van der Waals surface area contributed by atoms with Crippen molar-refractivity contribution >= 4 is 11.4 Å². The molecule has 5 rings (SSSR count). The summed E-state index contributed by atoms with van der Waals surface area (Å²) in [6.07, 6.45) is 0. The van der Waals surface area contributed by atoms with E-state index in [1.807, 2.05) is 91.0 Å².